The summed E-state index contributed by atoms with van der Waals surface area (Å²) in [5, 5.41) is 13.3. The van der Waals surface area contributed by atoms with E-state index in [-0.39, 0.29) is 61.9 Å². The second-order valence-corrected chi connectivity index (χ2v) is 12.8. The summed E-state index contributed by atoms with van der Waals surface area (Å²) in [5.41, 5.74) is 3.40. The molecule has 0 saturated carbocycles. The normalized spacial score (nSPS) is 18.0. The Hall–Kier alpha value is -4.96. The van der Waals surface area contributed by atoms with Crippen LogP contribution >= 0.6 is 0 Å². The molecule has 10 heteroatoms. The molecule has 0 spiro atoms. The molecule has 2 saturated heterocycles. The van der Waals surface area contributed by atoms with Crippen molar-refractivity contribution in [3.63, 3.8) is 0 Å². The lowest BCUT2D eigenvalue weighted by Crippen LogP contribution is -2.75. The Morgan fingerprint density at radius 2 is 1.67 bits per heavy atom. The molecule has 5 rings (SSSR count). The van der Waals surface area contributed by atoms with Gasteiger partial charge in [0.1, 0.15) is 18.0 Å². The van der Waals surface area contributed by atoms with Gasteiger partial charge in [0.25, 0.3) is 0 Å². The zero-order valence-corrected chi connectivity index (χ0v) is 28.5. The average Bonchev–Trinajstić information content (AvgIpc) is 3.10. The van der Waals surface area contributed by atoms with E-state index in [1.165, 1.54) is 0 Å². The molecule has 3 aromatic carbocycles. The Balaban J connectivity index is 1.45. The quantitative estimate of drug-likeness (QED) is 0.194. The number of piperazine rings is 1. The SMILES string of the molecule is C=CCN1CC(=O)N2[C@@H](Cc3ccc(O)cc3)C(=O)N(Cc3cccc(N(C)C(=O)CCCCC)c3)C[C@@H]2N1C(=O)CCc1ccccc1. The molecule has 4 amide bonds. The van der Waals surface area contributed by atoms with Gasteiger partial charge >= 0.3 is 0 Å². The number of aryl methyl sites for hydroxylation is 1. The molecular formula is C39H47N5O5. The number of carbonyl (C=O) groups excluding carboxylic acids is 4. The fourth-order valence-corrected chi connectivity index (χ4v) is 6.69. The Kier molecular flexibility index (Phi) is 11.9. The number of aromatic hydroxyl groups is 1. The minimum Gasteiger partial charge on any atom is -0.508 e. The van der Waals surface area contributed by atoms with Crippen molar-refractivity contribution in [1.82, 2.24) is 19.8 Å². The molecule has 2 heterocycles. The fourth-order valence-electron chi connectivity index (χ4n) is 6.69. The van der Waals surface area contributed by atoms with Crippen LogP contribution < -0.4 is 4.90 Å². The predicted molar refractivity (Wildman–Crippen MR) is 189 cm³/mol. The number of hydrazine groups is 1. The van der Waals surface area contributed by atoms with Crippen LogP contribution in [0.15, 0.2) is 91.5 Å². The first kappa shape index (κ1) is 35.3. The van der Waals surface area contributed by atoms with E-state index in [0.717, 1.165) is 41.6 Å². The summed E-state index contributed by atoms with van der Waals surface area (Å²) in [4.78, 5) is 60.2. The first-order chi connectivity index (χ1) is 23.7. The van der Waals surface area contributed by atoms with Gasteiger partial charge in [-0.2, -0.15) is 0 Å². The summed E-state index contributed by atoms with van der Waals surface area (Å²) in [6, 6.07) is 23.2. The summed E-state index contributed by atoms with van der Waals surface area (Å²) in [6.45, 7) is 6.58. The number of fused-ring (bicyclic) bond motifs is 1. The second-order valence-electron chi connectivity index (χ2n) is 12.8. The van der Waals surface area contributed by atoms with Crippen molar-refractivity contribution in [2.45, 2.75) is 70.6 Å². The lowest BCUT2D eigenvalue weighted by molar-refractivity contribution is -0.205. The minimum atomic E-state index is -0.864. The molecule has 2 aliphatic heterocycles. The number of rotatable bonds is 14. The van der Waals surface area contributed by atoms with E-state index >= 15 is 0 Å². The number of phenolic OH excluding ortho intramolecular Hbond substituents is 1. The van der Waals surface area contributed by atoms with Gasteiger partial charge in [0, 0.05) is 45.1 Å². The molecule has 1 N–H and O–H groups in total. The van der Waals surface area contributed by atoms with Crippen LogP contribution in [0.1, 0.15) is 55.7 Å². The Bertz CT molecular complexity index is 1630. The standard InChI is InChI=1S/C39H47N5O5/c1-4-6-8-16-36(46)40(3)32-15-11-14-31(24-32)26-41-27-35-43(34(39(41)49)25-30-17-20-33(45)21-18-30)38(48)28-42(23-5-2)44(35)37(47)22-19-29-12-9-7-10-13-29/h5,7,9-15,17-18,20-21,24,34-35,45H,2,4,6,8,16,19,22-23,25-28H2,1,3H3/t34-,35-/m0/s1. The summed E-state index contributed by atoms with van der Waals surface area (Å²) in [7, 11) is 1.77. The molecule has 0 bridgehead atoms. The molecule has 258 valence electrons. The lowest BCUT2D eigenvalue weighted by Gasteiger charge is -2.55. The van der Waals surface area contributed by atoms with Crippen molar-refractivity contribution in [3.8, 4) is 5.75 Å². The molecule has 49 heavy (non-hydrogen) atoms. The summed E-state index contributed by atoms with van der Waals surface area (Å²) in [5.74, 6) is -0.453. The fraction of sp³-hybridized carbons (Fsp3) is 0.385. The first-order valence-electron chi connectivity index (χ1n) is 17.1. The van der Waals surface area contributed by atoms with E-state index in [1.54, 1.807) is 62.1 Å². The van der Waals surface area contributed by atoms with Crippen LogP contribution in [-0.2, 0) is 38.6 Å². The molecule has 0 unspecified atom stereocenters. The maximum absolute atomic E-state index is 14.4. The smallest absolute Gasteiger partial charge is 0.246 e. The first-order valence-corrected chi connectivity index (χ1v) is 17.1. The lowest BCUT2D eigenvalue weighted by atomic mass is 9.98. The van der Waals surface area contributed by atoms with Crippen molar-refractivity contribution in [3.05, 3.63) is 108 Å². The molecule has 2 fully saturated rings. The van der Waals surface area contributed by atoms with E-state index in [1.807, 2.05) is 54.6 Å². The van der Waals surface area contributed by atoms with Gasteiger partial charge in [0.2, 0.25) is 23.6 Å². The number of hydrogen-bond donors (Lipinski definition) is 1. The molecule has 3 aromatic rings. The Labute approximate surface area is 289 Å². The highest BCUT2D eigenvalue weighted by molar-refractivity contribution is 5.93. The number of nitrogens with zero attached hydrogens (tertiary/aromatic N) is 5. The summed E-state index contributed by atoms with van der Waals surface area (Å²) < 4.78 is 0. The number of amides is 4. The zero-order valence-electron chi connectivity index (χ0n) is 28.5. The van der Waals surface area contributed by atoms with Gasteiger partial charge in [-0.3, -0.25) is 19.2 Å². The van der Waals surface area contributed by atoms with Gasteiger partial charge in [0.05, 0.1) is 13.1 Å². The third-order valence-electron chi connectivity index (χ3n) is 9.30. The summed E-state index contributed by atoms with van der Waals surface area (Å²) >= 11 is 0. The number of phenols is 1. The Morgan fingerprint density at radius 1 is 0.939 bits per heavy atom. The van der Waals surface area contributed by atoms with E-state index in [2.05, 4.69) is 13.5 Å². The van der Waals surface area contributed by atoms with Gasteiger partial charge in [-0.05, 0) is 53.8 Å². The van der Waals surface area contributed by atoms with Crippen molar-refractivity contribution in [2.24, 2.45) is 0 Å². The van der Waals surface area contributed by atoms with Gasteiger partial charge in [-0.1, -0.05) is 80.4 Å². The minimum absolute atomic E-state index is 0.0388. The highest BCUT2D eigenvalue weighted by Gasteiger charge is 2.51. The van der Waals surface area contributed by atoms with Gasteiger partial charge in [-0.25, -0.2) is 10.0 Å². The van der Waals surface area contributed by atoms with Crippen molar-refractivity contribution in [1.29, 1.82) is 0 Å². The summed E-state index contributed by atoms with van der Waals surface area (Å²) in [6.07, 6.45) is 5.28. The molecule has 0 aliphatic carbocycles. The van der Waals surface area contributed by atoms with Crippen LogP contribution in [0.25, 0.3) is 0 Å². The number of hydrogen-bond acceptors (Lipinski definition) is 6. The number of unbranched alkanes of at least 4 members (excludes halogenated alkanes) is 2. The topological polar surface area (TPSA) is 105 Å². The number of carbonyl (C=O) groups is 4. The van der Waals surface area contributed by atoms with Gasteiger partial charge < -0.3 is 19.8 Å². The second kappa shape index (κ2) is 16.4. The van der Waals surface area contributed by atoms with Crippen LogP contribution in [-0.4, -0.2) is 87.4 Å². The highest BCUT2D eigenvalue weighted by Crippen LogP contribution is 2.31. The Morgan fingerprint density at radius 3 is 2.39 bits per heavy atom. The van der Waals surface area contributed by atoms with Crippen LogP contribution in [0.2, 0.25) is 0 Å². The molecule has 0 aromatic heterocycles. The zero-order chi connectivity index (χ0) is 34.9. The molecule has 2 aliphatic rings. The largest absolute Gasteiger partial charge is 0.508 e. The van der Waals surface area contributed by atoms with E-state index in [0.29, 0.717) is 19.4 Å². The third kappa shape index (κ3) is 8.56. The van der Waals surface area contributed by atoms with Crippen LogP contribution in [0.3, 0.4) is 0 Å². The maximum Gasteiger partial charge on any atom is 0.246 e. The van der Waals surface area contributed by atoms with Gasteiger partial charge in [0.15, 0.2) is 0 Å². The van der Waals surface area contributed by atoms with E-state index in [9.17, 15) is 24.3 Å². The van der Waals surface area contributed by atoms with E-state index in [4.69, 9.17) is 0 Å². The van der Waals surface area contributed by atoms with Crippen molar-refractivity contribution < 1.29 is 24.3 Å². The van der Waals surface area contributed by atoms with Crippen LogP contribution in [0, 0.1) is 0 Å². The molecule has 10 nitrogen and oxygen atoms in total. The molecular weight excluding hydrogens is 618 g/mol. The van der Waals surface area contributed by atoms with Gasteiger partial charge in [-0.15, -0.1) is 6.58 Å². The monoisotopic (exact) mass is 665 g/mol. The highest BCUT2D eigenvalue weighted by atomic mass is 16.3. The maximum atomic E-state index is 14.4. The molecule has 2 atom stereocenters. The van der Waals surface area contributed by atoms with Crippen LogP contribution in [0.4, 0.5) is 5.69 Å². The molecule has 0 radical (unpaired) electrons. The van der Waals surface area contributed by atoms with Crippen LogP contribution in [0.5, 0.6) is 5.75 Å². The third-order valence-corrected chi connectivity index (χ3v) is 9.30. The van der Waals surface area contributed by atoms with Crippen molar-refractivity contribution in [2.75, 3.05) is 31.6 Å². The number of anilines is 1. The van der Waals surface area contributed by atoms with Crippen molar-refractivity contribution >= 4 is 29.3 Å². The predicted octanol–water partition coefficient (Wildman–Crippen LogP) is 4.92. The van der Waals surface area contributed by atoms with E-state index < -0.39 is 12.2 Å². The number of benzene rings is 3. The average molecular weight is 666 g/mol.